The van der Waals surface area contributed by atoms with Crippen molar-refractivity contribution in [1.29, 1.82) is 0 Å². The monoisotopic (exact) mass is 458 g/mol. The van der Waals surface area contributed by atoms with Crippen molar-refractivity contribution in [3.8, 4) is 11.5 Å². The summed E-state index contributed by atoms with van der Waals surface area (Å²) in [6, 6.07) is 12.9. The Labute approximate surface area is 194 Å². The van der Waals surface area contributed by atoms with Crippen molar-refractivity contribution in [2.75, 3.05) is 13.2 Å². The van der Waals surface area contributed by atoms with E-state index in [9.17, 15) is 9.59 Å². The summed E-state index contributed by atoms with van der Waals surface area (Å²) in [7, 11) is 0. The molecule has 0 aromatic heterocycles. The summed E-state index contributed by atoms with van der Waals surface area (Å²) >= 11 is 0. The van der Waals surface area contributed by atoms with Crippen molar-refractivity contribution in [2.24, 2.45) is 0 Å². The van der Waals surface area contributed by atoms with Crippen LogP contribution in [0.15, 0.2) is 48.5 Å². The van der Waals surface area contributed by atoms with Crippen LogP contribution in [-0.2, 0) is 19.6 Å². The SMILES string of the molecule is [CH2]CCC[C](OOC(=O)c1ccc(OCCC)cc1)OOC(=O)c1ccc(OCCC)cc1. The van der Waals surface area contributed by atoms with E-state index in [4.69, 9.17) is 29.0 Å². The quantitative estimate of drug-likeness (QED) is 0.250. The molecule has 8 nitrogen and oxygen atoms in total. The van der Waals surface area contributed by atoms with E-state index in [1.807, 2.05) is 13.8 Å². The van der Waals surface area contributed by atoms with Crippen LogP contribution in [0.1, 0.15) is 66.7 Å². The van der Waals surface area contributed by atoms with Crippen LogP contribution in [0.3, 0.4) is 0 Å². The van der Waals surface area contributed by atoms with E-state index in [1.165, 1.54) is 0 Å². The minimum Gasteiger partial charge on any atom is -0.494 e. The summed E-state index contributed by atoms with van der Waals surface area (Å²) < 4.78 is 11.0. The molecule has 0 saturated heterocycles. The molecule has 0 heterocycles. The molecule has 2 rings (SSSR count). The zero-order chi connectivity index (χ0) is 23.9. The van der Waals surface area contributed by atoms with Gasteiger partial charge in [-0.05, 0) is 67.8 Å². The van der Waals surface area contributed by atoms with Crippen molar-refractivity contribution < 1.29 is 38.6 Å². The van der Waals surface area contributed by atoms with Gasteiger partial charge >= 0.3 is 18.2 Å². The molecule has 0 unspecified atom stereocenters. The maximum absolute atomic E-state index is 12.2. The first kappa shape index (κ1) is 26.2. The minimum absolute atomic E-state index is 0.175. The Bertz CT molecular complexity index is 765. The van der Waals surface area contributed by atoms with Gasteiger partial charge in [0.25, 0.3) is 0 Å². The number of rotatable bonds is 15. The van der Waals surface area contributed by atoms with Gasteiger partial charge in [-0.15, -0.1) is 9.78 Å². The standard InChI is InChI=1S/C25H30O8/c1-4-7-8-23(30-32-24(26)19-9-13-21(14-10-19)28-17-5-2)31-33-25(27)20-11-15-22(16-12-20)29-18-6-3/h9-16H,1,4-8,17-18H2,2-3H3. The van der Waals surface area contributed by atoms with Gasteiger partial charge in [0.2, 0.25) is 0 Å². The second-order valence-corrected chi connectivity index (χ2v) is 6.98. The van der Waals surface area contributed by atoms with Crippen molar-refractivity contribution in [3.05, 3.63) is 72.9 Å². The Balaban J connectivity index is 1.85. The lowest BCUT2D eigenvalue weighted by molar-refractivity contribution is -0.363. The first-order valence-electron chi connectivity index (χ1n) is 11.0. The molecule has 8 heteroatoms. The van der Waals surface area contributed by atoms with Gasteiger partial charge in [0.1, 0.15) is 11.5 Å². The molecule has 0 saturated carbocycles. The fourth-order valence-corrected chi connectivity index (χ4v) is 2.45. The van der Waals surface area contributed by atoms with Crippen LogP contribution in [0.5, 0.6) is 11.5 Å². The molecule has 2 aromatic rings. The lowest BCUT2D eigenvalue weighted by Crippen LogP contribution is -2.16. The summed E-state index contributed by atoms with van der Waals surface area (Å²) in [5.41, 5.74) is 0.524. The van der Waals surface area contributed by atoms with Gasteiger partial charge in [0, 0.05) is 6.42 Å². The van der Waals surface area contributed by atoms with E-state index in [-0.39, 0.29) is 23.8 Å². The third kappa shape index (κ3) is 9.51. The molecule has 0 atom stereocenters. The van der Waals surface area contributed by atoms with Crippen LogP contribution in [0.25, 0.3) is 0 Å². The molecule has 0 aliphatic heterocycles. The second-order valence-electron chi connectivity index (χ2n) is 6.98. The minimum atomic E-state index is -0.734. The number of benzene rings is 2. The van der Waals surface area contributed by atoms with E-state index in [0.717, 1.165) is 12.8 Å². The Hall–Kier alpha value is -3.10. The Morgan fingerprint density at radius 3 is 1.48 bits per heavy atom. The van der Waals surface area contributed by atoms with Crippen LogP contribution in [-0.4, -0.2) is 25.2 Å². The van der Waals surface area contributed by atoms with Crippen LogP contribution in [0, 0.1) is 13.2 Å². The van der Waals surface area contributed by atoms with Gasteiger partial charge in [-0.1, -0.05) is 27.2 Å². The highest BCUT2D eigenvalue weighted by Crippen LogP contribution is 2.19. The lowest BCUT2D eigenvalue weighted by Gasteiger charge is -2.13. The summed E-state index contributed by atoms with van der Waals surface area (Å²) in [5.74, 6) is -0.169. The molecule has 0 bridgehead atoms. The highest BCUT2D eigenvalue weighted by molar-refractivity contribution is 5.89. The average molecular weight is 459 g/mol. The van der Waals surface area contributed by atoms with E-state index in [0.29, 0.717) is 37.6 Å². The van der Waals surface area contributed by atoms with E-state index >= 15 is 0 Å². The van der Waals surface area contributed by atoms with Gasteiger partial charge in [-0.25, -0.2) is 9.59 Å². The van der Waals surface area contributed by atoms with Gasteiger partial charge < -0.3 is 9.47 Å². The van der Waals surface area contributed by atoms with Gasteiger partial charge in [-0.2, -0.15) is 0 Å². The summed E-state index contributed by atoms with van der Waals surface area (Å²) in [4.78, 5) is 44.1. The fraction of sp³-hybridized carbons (Fsp3) is 0.360. The van der Waals surface area contributed by atoms with Crippen LogP contribution >= 0.6 is 0 Å². The first-order chi connectivity index (χ1) is 16.1. The normalized spacial score (nSPS) is 10.7. The predicted molar refractivity (Wildman–Crippen MR) is 120 cm³/mol. The largest absolute Gasteiger partial charge is 0.494 e. The Kier molecular flexibility index (Phi) is 11.8. The smallest absolute Gasteiger partial charge is 0.373 e. The van der Waals surface area contributed by atoms with E-state index in [1.54, 1.807) is 48.5 Å². The summed E-state index contributed by atoms with van der Waals surface area (Å²) in [6.45, 7) is 8.92. The number of hydrogen-bond acceptors (Lipinski definition) is 8. The van der Waals surface area contributed by atoms with Crippen molar-refractivity contribution in [1.82, 2.24) is 0 Å². The van der Waals surface area contributed by atoms with Crippen LogP contribution < -0.4 is 9.47 Å². The van der Waals surface area contributed by atoms with Gasteiger partial charge in [0.15, 0.2) is 0 Å². The first-order valence-corrected chi connectivity index (χ1v) is 11.0. The number of hydrogen-bond donors (Lipinski definition) is 0. The Morgan fingerprint density at radius 1 is 0.697 bits per heavy atom. The van der Waals surface area contributed by atoms with Gasteiger partial charge in [-0.3, -0.25) is 9.78 Å². The Morgan fingerprint density at radius 2 is 1.12 bits per heavy atom. The molecular weight excluding hydrogens is 428 g/mol. The molecule has 178 valence electrons. The number of ether oxygens (including phenoxy) is 2. The summed E-state index contributed by atoms with van der Waals surface area (Å²) in [5, 5.41) is 0. The van der Waals surface area contributed by atoms with E-state index in [2.05, 4.69) is 6.92 Å². The van der Waals surface area contributed by atoms with Crippen molar-refractivity contribution >= 4 is 11.9 Å². The van der Waals surface area contributed by atoms with Crippen molar-refractivity contribution in [3.63, 3.8) is 0 Å². The second kappa shape index (κ2) is 14.9. The topological polar surface area (TPSA) is 89.5 Å². The van der Waals surface area contributed by atoms with E-state index < -0.39 is 11.9 Å². The van der Waals surface area contributed by atoms with Crippen LogP contribution in [0.4, 0.5) is 0 Å². The molecular formula is C25H30O8. The number of carbonyl (C=O) groups excluding carboxylic acids is 2. The van der Waals surface area contributed by atoms with Crippen molar-refractivity contribution in [2.45, 2.75) is 46.0 Å². The lowest BCUT2D eigenvalue weighted by atomic mass is 10.2. The maximum Gasteiger partial charge on any atom is 0.373 e. The molecule has 0 fully saturated rings. The zero-order valence-electron chi connectivity index (χ0n) is 19.0. The average Bonchev–Trinajstić information content (AvgIpc) is 2.86. The van der Waals surface area contributed by atoms with Gasteiger partial charge in [0.05, 0.1) is 24.3 Å². The molecule has 0 amide bonds. The highest BCUT2D eigenvalue weighted by Gasteiger charge is 2.21. The molecule has 0 aliphatic rings. The third-order valence-electron chi connectivity index (χ3n) is 4.18. The highest BCUT2D eigenvalue weighted by atomic mass is 17.3. The molecule has 2 radical (unpaired) electrons. The molecule has 0 aliphatic carbocycles. The third-order valence-corrected chi connectivity index (χ3v) is 4.18. The predicted octanol–water partition coefficient (Wildman–Crippen LogP) is 5.64. The number of unbranched alkanes of at least 4 members (excludes halogenated alkanes) is 1. The maximum atomic E-state index is 12.2. The molecule has 2 aromatic carbocycles. The number of carbonyl (C=O) groups is 2. The zero-order valence-corrected chi connectivity index (χ0v) is 19.0. The molecule has 0 N–H and O–H groups in total. The fourth-order valence-electron chi connectivity index (χ4n) is 2.45. The van der Waals surface area contributed by atoms with Crippen LogP contribution in [0.2, 0.25) is 0 Å². The molecule has 0 spiro atoms. The molecule has 33 heavy (non-hydrogen) atoms. The summed E-state index contributed by atoms with van der Waals surface area (Å²) in [6.07, 6.45) is 2.96.